The number of hydrogen-bond acceptors (Lipinski definition) is 8. The normalized spacial score (nSPS) is 14.8. The molecule has 1 aliphatic heterocycles. The molecule has 0 aromatic heterocycles. The smallest absolute Gasteiger partial charge is 0.315 e. The molecule has 11 heteroatoms. The minimum absolute atomic E-state index is 0.0483. The van der Waals surface area contributed by atoms with E-state index in [1.807, 2.05) is 36.4 Å². The van der Waals surface area contributed by atoms with E-state index in [1.54, 1.807) is 6.07 Å². The first kappa shape index (κ1) is 37.4. The lowest BCUT2D eigenvalue weighted by Gasteiger charge is -2.14. The molecular weight excluding hydrogens is 647 g/mol. The van der Waals surface area contributed by atoms with Gasteiger partial charge in [0.05, 0.1) is 22.9 Å². The molecule has 1 amide bonds. The number of unbranched alkanes of at least 4 members (excludes halogenated alkanes) is 13. The number of nitrogens with two attached hydrogens (primary N) is 1. The maximum absolute atomic E-state index is 13.5. The van der Waals surface area contributed by atoms with Crippen LogP contribution in [-0.2, 0) is 24.3 Å². The number of benzene rings is 3. The van der Waals surface area contributed by atoms with Crippen LogP contribution in [0, 0.1) is 0 Å². The predicted molar refractivity (Wildman–Crippen MR) is 195 cm³/mol. The number of esters is 1. The largest absolute Gasteiger partial charge is 0.465 e. The Labute approximate surface area is 289 Å². The second-order valence-electron chi connectivity index (χ2n) is 12.2. The van der Waals surface area contributed by atoms with Crippen molar-refractivity contribution in [3.8, 4) is 5.75 Å². The van der Waals surface area contributed by atoms with Gasteiger partial charge in [-0.3, -0.25) is 9.59 Å². The number of amides is 1. The van der Waals surface area contributed by atoms with Crippen LogP contribution in [0.4, 0.5) is 5.69 Å². The van der Waals surface area contributed by atoms with E-state index in [-0.39, 0.29) is 16.5 Å². The van der Waals surface area contributed by atoms with Gasteiger partial charge in [-0.2, -0.15) is 5.01 Å². The number of fused-ring (bicyclic) bond motifs is 1. The highest BCUT2D eigenvalue weighted by molar-refractivity contribution is 8.02. The molecular formula is C37H49N3O6S2. The molecule has 0 saturated carbocycles. The summed E-state index contributed by atoms with van der Waals surface area (Å²) in [5.74, 6) is -0.247. The summed E-state index contributed by atoms with van der Waals surface area (Å²) < 4.78 is 35.0. The summed E-state index contributed by atoms with van der Waals surface area (Å²) in [5.41, 5.74) is 0.343. The van der Waals surface area contributed by atoms with Crippen molar-refractivity contribution in [1.82, 2.24) is 0 Å². The van der Waals surface area contributed by atoms with Crippen molar-refractivity contribution in [2.45, 2.75) is 107 Å². The number of anilines is 1. The number of hydrogen-bond donors (Lipinski definition) is 1. The van der Waals surface area contributed by atoms with Crippen molar-refractivity contribution in [1.29, 1.82) is 0 Å². The minimum Gasteiger partial charge on any atom is -0.465 e. The fourth-order valence-electron chi connectivity index (χ4n) is 5.62. The first-order valence-electron chi connectivity index (χ1n) is 17.3. The average Bonchev–Trinajstić information content (AvgIpc) is 3.39. The maximum Gasteiger partial charge on any atom is 0.315 e. The van der Waals surface area contributed by atoms with Crippen LogP contribution in [0.5, 0.6) is 5.75 Å². The Kier molecular flexibility index (Phi) is 15.2. The molecule has 1 atom stereocenters. The van der Waals surface area contributed by atoms with Crippen LogP contribution in [0.1, 0.15) is 96.8 Å². The molecule has 3 aromatic carbocycles. The Morgan fingerprint density at radius 3 is 2.00 bits per heavy atom. The number of carbonyl (C=O) groups is 2. The number of primary sulfonamides is 1. The van der Waals surface area contributed by atoms with Crippen molar-refractivity contribution in [2.24, 2.45) is 10.2 Å². The van der Waals surface area contributed by atoms with Gasteiger partial charge in [0.25, 0.3) is 5.91 Å². The number of hydrazone groups is 1. The number of ether oxygens (including phenoxy) is 2. The maximum atomic E-state index is 13.5. The van der Waals surface area contributed by atoms with Crippen LogP contribution >= 0.6 is 11.8 Å². The quantitative estimate of drug-likeness (QED) is 0.0876. The Morgan fingerprint density at radius 2 is 1.40 bits per heavy atom. The molecule has 3 aromatic rings. The van der Waals surface area contributed by atoms with Gasteiger partial charge in [-0.25, -0.2) is 13.6 Å². The Balaban J connectivity index is 1.22. The highest BCUT2D eigenvalue weighted by atomic mass is 32.2. The molecule has 4 rings (SSSR count). The number of sulfonamides is 1. The molecule has 2 N–H and O–H groups in total. The molecule has 48 heavy (non-hydrogen) atoms. The predicted octanol–water partition coefficient (Wildman–Crippen LogP) is 8.35. The van der Waals surface area contributed by atoms with E-state index in [0.717, 1.165) is 46.8 Å². The van der Waals surface area contributed by atoms with Crippen molar-refractivity contribution >= 4 is 56.0 Å². The van der Waals surface area contributed by atoms with Crippen LogP contribution in [-0.4, -0.2) is 43.8 Å². The summed E-state index contributed by atoms with van der Waals surface area (Å²) in [4.78, 5) is 26.1. The van der Waals surface area contributed by atoms with Gasteiger partial charge in [-0.15, -0.1) is 16.9 Å². The van der Waals surface area contributed by atoms with Crippen LogP contribution in [0.15, 0.2) is 76.7 Å². The highest BCUT2D eigenvalue weighted by Crippen LogP contribution is 2.30. The van der Waals surface area contributed by atoms with Gasteiger partial charge < -0.3 is 9.47 Å². The van der Waals surface area contributed by atoms with E-state index >= 15 is 0 Å². The summed E-state index contributed by atoms with van der Waals surface area (Å²) in [6.45, 7) is 2.61. The van der Waals surface area contributed by atoms with E-state index in [2.05, 4.69) is 12.0 Å². The van der Waals surface area contributed by atoms with Gasteiger partial charge >= 0.3 is 5.97 Å². The standard InChI is InChI=1S/C37H49N3O6S2/c1-2-3-4-5-6-7-8-9-10-11-12-13-14-17-26-45-34(41)28-47-35-36(46-32-23-20-29-18-15-16-19-30(29)27-32)39-40(37(35)42)31-21-24-33(25-22-31)48(38,43)44/h15-16,18-25,27,35H,2-14,17,26,28H2,1H3,(H2,38,43,44). The zero-order chi connectivity index (χ0) is 34.2. The zero-order valence-electron chi connectivity index (χ0n) is 28.0. The molecule has 0 spiro atoms. The lowest BCUT2D eigenvalue weighted by atomic mass is 10.0. The number of carbonyl (C=O) groups excluding carboxylic acids is 2. The van der Waals surface area contributed by atoms with Crippen LogP contribution < -0.4 is 14.9 Å². The third kappa shape index (κ3) is 11.9. The molecule has 0 radical (unpaired) electrons. The van der Waals surface area contributed by atoms with Crippen molar-refractivity contribution in [2.75, 3.05) is 17.4 Å². The first-order valence-corrected chi connectivity index (χ1v) is 19.8. The molecule has 260 valence electrons. The molecule has 0 saturated heterocycles. The topological polar surface area (TPSA) is 128 Å². The van der Waals surface area contributed by atoms with Crippen molar-refractivity contribution in [3.63, 3.8) is 0 Å². The number of thioether (sulfide) groups is 1. The Hall–Kier alpha value is -3.41. The van der Waals surface area contributed by atoms with Gasteiger partial charge in [0.1, 0.15) is 5.75 Å². The van der Waals surface area contributed by atoms with Crippen LogP contribution in [0.2, 0.25) is 0 Å². The fraction of sp³-hybridized carbons (Fsp3) is 0.486. The van der Waals surface area contributed by atoms with Gasteiger partial charge in [0, 0.05) is 0 Å². The third-order valence-corrected chi connectivity index (χ3v) is 10.4. The van der Waals surface area contributed by atoms with Crippen LogP contribution in [0.3, 0.4) is 0 Å². The number of nitrogens with zero attached hydrogens (tertiary/aromatic N) is 2. The highest BCUT2D eigenvalue weighted by Gasteiger charge is 2.40. The Morgan fingerprint density at radius 1 is 0.812 bits per heavy atom. The molecule has 0 aliphatic carbocycles. The summed E-state index contributed by atoms with van der Waals surface area (Å²) >= 11 is 1.09. The minimum atomic E-state index is -3.90. The molecule has 1 unspecified atom stereocenters. The lowest BCUT2D eigenvalue weighted by molar-refractivity contribution is -0.140. The van der Waals surface area contributed by atoms with E-state index in [9.17, 15) is 18.0 Å². The molecule has 1 aliphatic rings. The Bertz CT molecular complexity index is 1610. The second kappa shape index (κ2) is 19.6. The summed E-state index contributed by atoms with van der Waals surface area (Å²) in [5, 5.41) is 11.9. The fourth-order valence-corrected chi connectivity index (χ4v) is 7.00. The van der Waals surface area contributed by atoms with E-state index in [1.165, 1.54) is 94.9 Å². The zero-order valence-corrected chi connectivity index (χ0v) is 29.6. The second-order valence-corrected chi connectivity index (χ2v) is 14.9. The van der Waals surface area contributed by atoms with Gasteiger partial charge in [0.2, 0.25) is 15.9 Å². The van der Waals surface area contributed by atoms with E-state index in [0.29, 0.717) is 18.0 Å². The third-order valence-electron chi connectivity index (χ3n) is 8.34. The first-order chi connectivity index (χ1) is 23.3. The molecule has 0 fully saturated rings. The SMILES string of the molecule is CCCCCCCCCCCCCCCCOC(=O)CSC1C(=O)N(c2ccc(S(N)(=O)=O)cc2)N=C1Oc1ccc2ccccc2c1. The van der Waals surface area contributed by atoms with Crippen molar-refractivity contribution in [3.05, 3.63) is 66.7 Å². The lowest BCUT2D eigenvalue weighted by Crippen LogP contribution is -2.32. The summed E-state index contributed by atoms with van der Waals surface area (Å²) in [6, 6.07) is 18.9. The molecule has 0 bridgehead atoms. The van der Waals surface area contributed by atoms with Gasteiger partial charge in [-0.05, 0) is 53.6 Å². The number of rotatable bonds is 21. The van der Waals surface area contributed by atoms with E-state index in [4.69, 9.17) is 14.6 Å². The summed E-state index contributed by atoms with van der Waals surface area (Å²) in [6.07, 6.45) is 17.6. The monoisotopic (exact) mass is 695 g/mol. The van der Waals surface area contributed by atoms with Gasteiger partial charge in [-0.1, -0.05) is 121 Å². The van der Waals surface area contributed by atoms with Crippen LogP contribution in [0.25, 0.3) is 10.8 Å². The van der Waals surface area contributed by atoms with Crippen molar-refractivity contribution < 1.29 is 27.5 Å². The average molecular weight is 696 g/mol. The molecule has 1 heterocycles. The van der Waals surface area contributed by atoms with E-state index < -0.39 is 27.1 Å². The molecule has 9 nitrogen and oxygen atoms in total. The summed E-state index contributed by atoms with van der Waals surface area (Å²) in [7, 11) is -3.90. The van der Waals surface area contributed by atoms with Gasteiger partial charge in [0.15, 0.2) is 5.25 Å².